The van der Waals surface area contributed by atoms with E-state index in [0.717, 1.165) is 19.0 Å². The van der Waals surface area contributed by atoms with Gasteiger partial charge in [0.1, 0.15) is 11.6 Å². The molecule has 112 valence electrons. The average molecular weight is 281 g/mol. The van der Waals surface area contributed by atoms with Crippen LogP contribution in [0.25, 0.3) is 0 Å². The Morgan fingerprint density at radius 3 is 2.70 bits per heavy atom. The molecule has 0 spiro atoms. The van der Waals surface area contributed by atoms with Gasteiger partial charge < -0.3 is 10.6 Å². The normalized spacial score (nSPS) is 11.2. The lowest BCUT2D eigenvalue weighted by atomic mass is 9.90. The number of rotatable bonds is 7. The van der Waals surface area contributed by atoms with E-state index in [0.29, 0.717) is 18.9 Å². The summed E-state index contributed by atoms with van der Waals surface area (Å²) in [6.07, 6.45) is 2.98. The highest BCUT2D eigenvalue weighted by molar-refractivity contribution is 5.98. The van der Waals surface area contributed by atoms with Crippen LogP contribution < -0.4 is 10.6 Å². The molecular weight excluding hydrogens is 257 g/mol. The lowest BCUT2D eigenvalue weighted by Crippen LogP contribution is -2.34. The predicted molar refractivity (Wildman–Crippen MR) is 79.4 cm³/mol. The summed E-state index contributed by atoms with van der Waals surface area (Å²) in [7, 11) is 0. The summed E-state index contributed by atoms with van der Waals surface area (Å²) in [6.45, 7) is 9.48. The average Bonchev–Trinajstić information content (AvgIpc) is 2.43. The molecule has 0 radical (unpaired) electrons. The van der Waals surface area contributed by atoms with Gasteiger partial charge in [0.05, 0.1) is 11.8 Å². The summed E-state index contributed by atoms with van der Waals surface area (Å²) in [5.74, 6) is -0.371. The number of pyridine rings is 1. The van der Waals surface area contributed by atoms with Gasteiger partial charge in [0.25, 0.3) is 5.91 Å². The second kappa shape index (κ2) is 7.22. The summed E-state index contributed by atoms with van der Waals surface area (Å²) in [4.78, 5) is 16.1. The van der Waals surface area contributed by atoms with Crippen molar-refractivity contribution >= 4 is 11.7 Å². The van der Waals surface area contributed by atoms with Crippen molar-refractivity contribution in [3.8, 4) is 0 Å². The maximum absolute atomic E-state index is 13.3. The van der Waals surface area contributed by atoms with Crippen molar-refractivity contribution in [2.75, 3.05) is 18.4 Å². The molecule has 2 N–H and O–H groups in total. The van der Waals surface area contributed by atoms with Crippen molar-refractivity contribution in [2.24, 2.45) is 5.41 Å². The van der Waals surface area contributed by atoms with E-state index in [4.69, 9.17) is 0 Å². The number of carbonyl (C=O) groups excluding carboxylic acids is 1. The molecule has 0 unspecified atom stereocenters. The number of amides is 1. The highest BCUT2D eigenvalue weighted by Gasteiger charge is 2.19. The minimum absolute atomic E-state index is 0.0213. The van der Waals surface area contributed by atoms with Crippen LogP contribution in [0.2, 0.25) is 0 Å². The molecule has 0 atom stereocenters. The first kappa shape index (κ1) is 16.4. The van der Waals surface area contributed by atoms with Crippen LogP contribution in [0, 0.1) is 11.2 Å². The molecule has 0 aliphatic heterocycles. The van der Waals surface area contributed by atoms with Gasteiger partial charge in [-0.3, -0.25) is 4.79 Å². The van der Waals surface area contributed by atoms with Crippen LogP contribution >= 0.6 is 0 Å². The largest absolute Gasteiger partial charge is 0.369 e. The van der Waals surface area contributed by atoms with E-state index in [1.165, 1.54) is 6.07 Å². The van der Waals surface area contributed by atoms with Crippen molar-refractivity contribution < 1.29 is 9.18 Å². The van der Waals surface area contributed by atoms with E-state index < -0.39 is 5.82 Å². The summed E-state index contributed by atoms with van der Waals surface area (Å²) < 4.78 is 13.3. The smallest absolute Gasteiger partial charge is 0.255 e. The fraction of sp³-hybridized carbons (Fsp3) is 0.600. The molecule has 1 aromatic heterocycles. The van der Waals surface area contributed by atoms with Gasteiger partial charge >= 0.3 is 0 Å². The van der Waals surface area contributed by atoms with E-state index in [1.807, 2.05) is 6.92 Å². The zero-order valence-corrected chi connectivity index (χ0v) is 12.7. The van der Waals surface area contributed by atoms with E-state index in [-0.39, 0.29) is 16.9 Å². The Morgan fingerprint density at radius 1 is 1.40 bits per heavy atom. The third kappa shape index (κ3) is 4.79. The topological polar surface area (TPSA) is 54.0 Å². The molecule has 5 heteroatoms. The molecule has 0 saturated heterocycles. The molecule has 0 bridgehead atoms. The van der Waals surface area contributed by atoms with Crippen molar-refractivity contribution in [3.63, 3.8) is 0 Å². The maximum atomic E-state index is 13.3. The van der Waals surface area contributed by atoms with Gasteiger partial charge in [0.2, 0.25) is 0 Å². The van der Waals surface area contributed by atoms with Crippen LogP contribution in [0.1, 0.15) is 50.9 Å². The fourth-order valence-corrected chi connectivity index (χ4v) is 1.54. The summed E-state index contributed by atoms with van der Waals surface area (Å²) in [5, 5.41) is 5.89. The predicted octanol–water partition coefficient (Wildman–Crippen LogP) is 3.21. The highest BCUT2D eigenvalue weighted by Crippen LogP contribution is 2.19. The van der Waals surface area contributed by atoms with E-state index in [2.05, 4.69) is 36.4 Å². The molecular formula is C15H24FN3O. The standard InChI is InChI=1S/C15H24FN3O/c1-5-7-17-13-12(8-11(16)9-18-13)14(20)19-10-15(3,4)6-2/h8-9H,5-7,10H2,1-4H3,(H,17,18)(H,19,20). The van der Waals surface area contributed by atoms with Gasteiger partial charge in [-0.1, -0.05) is 27.7 Å². The Bertz CT molecular complexity index is 460. The first-order valence-corrected chi connectivity index (χ1v) is 7.07. The van der Waals surface area contributed by atoms with E-state index in [1.54, 1.807) is 0 Å². The van der Waals surface area contributed by atoms with Gasteiger partial charge in [-0.05, 0) is 24.3 Å². The van der Waals surface area contributed by atoms with E-state index >= 15 is 0 Å². The third-order valence-corrected chi connectivity index (χ3v) is 3.33. The number of nitrogens with one attached hydrogen (secondary N) is 2. The zero-order chi connectivity index (χ0) is 15.2. The molecule has 0 aliphatic rings. The number of halogens is 1. The highest BCUT2D eigenvalue weighted by atomic mass is 19.1. The molecule has 1 heterocycles. The van der Waals surface area contributed by atoms with Crippen molar-refractivity contribution in [1.29, 1.82) is 0 Å². The Kier molecular flexibility index (Phi) is 5.92. The van der Waals surface area contributed by atoms with Crippen LogP contribution in [0.4, 0.5) is 10.2 Å². The molecule has 0 fully saturated rings. The van der Waals surface area contributed by atoms with Crippen LogP contribution in [0.5, 0.6) is 0 Å². The fourth-order valence-electron chi connectivity index (χ4n) is 1.54. The second-order valence-electron chi connectivity index (χ2n) is 5.68. The monoisotopic (exact) mass is 281 g/mol. The molecule has 20 heavy (non-hydrogen) atoms. The SMILES string of the molecule is CCCNc1ncc(F)cc1C(=O)NCC(C)(C)CC. The quantitative estimate of drug-likeness (QED) is 0.807. The summed E-state index contributed by atoms with van der Waals surface area (Å²) in [6, 6.07) is 1.22. The first-order chi connectivity index (χ1) is 9.39. The molecule has 4 nitrogen and oxygen atoms in total. The number of carbonyl (C=O) groups is 1. The first-order valence-electron chi connectivity index (χ1n) is 7.07. The van der Waals surface area contributed by atoms with Crippen LogP contribution in [-0.4, -0.2) is 24.0 Å². The number of hydrogen-bond donors (Lipinski definition) is 2. The molecule has 0 aliphatic carbocycles. The Labute approximate surface area is 120 Å². The molecule has 0 aromatic carbocycles. The van der Waals surface area contributed by atoms with Gasteiger partial charge in [-0.25, -0.2) is 9.37 Å². The third-order valence-electron chi connectivity index (χ3n) is 3.33. The lowest BCUT2D eigenvalue weighted by molar-refractivity contribution is 0.0935. The minimum Gasteiger partial charge on any atom is -0.369 e. The summed E-state index contributed by atoms with van der Waals surface area (Å²) >= 11 is 0. The number of hydrogen-bond acceptors (Lipinski definition) is 3. The summed E-state index contributed by atoms with van der Waals surface area (Å²) in [5.41, 5.74) is 0.276. The van der Waals surface area contributed by atoms with Gasteiger partial charge in [-0.2, -0.15) is 0 Å². The molecule has 0 saturated carbocycles. The number of anilines is 1. The minimum atomic E-state index is -0.507. The van der Waals surface area contributed by atoms with Gasteiger partial charge in [0, 0.05) is 13.1 Å². The van der Waals surface area contributed by atoms with Crippen molar-refractivity contribution in [3.05, 3.63) is 23.6 Å². The second-order valence-corrected chi connectivity index (χ2v) is 5.68. The molecule has 1 rings (SSSR count). The molecule has 1 aromatic rings. The van der Waals surface area contributed by atoms with Crippen LogP contribution in [0.15, 0.2) is 12.3 Å². The van der Waals surface area contributed by atoms with Gasteiger partial charge in [0.15, 0.2) is 0 Å². The maximum Gasteiger partial charge on any atom is 0.255 e. The molecule has 1 amide bonds. The van der Waals surface area contributed by atoms with E-state index in [9.17, 15) is 9.18 Å². The Hall–Kier alpha value is -1.65. The zero-order valence-electron chi connectivity index (χ0n) is 12.7. The van der Waals surface area contributed by atoms with Gasteiger partial charge in [-0.15, -0.1) is 0 Å². The Balaban J connectivity index is 2.82. The number of aromatic nitrogens is 1. The number of nitrogens with zero attached hydrogens (tertiary/aromatic N) is 1. The van der Waals surface area contributed by atoms with Crippen molar-refractivity contribution in [2.45, 2.75) is 40.5 Å². The Morgan fingerprint density at radius 2 is 2.10 bits per heavy atom. The van der Waals surface area contributed by atoms with Crippen molar-refractivity contribution in [1.82, 2.24) is 10.3 Å². The lowest BCUT2D eigenvalue weighted by Gasteiger charge is -2.23. The van der Waals surface area contributed by atoms with Crippen LogP contribution in [-0.2, 0) is 0 Å². The van der Waals surface area contributed by atoms with Crippen LogP contribution in [0.3, 0.4) is 0 Å².